The van der Waals surface area contributed by atoms with Gasteiger partial charge in [0.1, 0.15) is 0 Å². The molecule has 1 fully saturated rings. The third kappa shape index (κ3) is 3.76. The van der Waals surface area contributed by atoms with Crippen molar-refractivity contribution < 1.29 is 0 Å². The van der Waals surface area contributed by atoms with Crippen LogP contribution in [0.15, 0.2) is 16.6 Å². The largest absolute Gasteiger partial charge is 0.382 e. The van der Waals surface area contributed by atoms with E-state index < -0.39 is 0 Å². The molecule has 0 aromatic heterocycles. The molecule has 1 saturated heterocycles. The maximum atomic E-state index is 3.72. The zero-order chi connectivity index (χ0) is 14.7. The predicted octanol–water partition coefficient (Wildman–Crippen LogP) is 4.60. The lowest BCUT2D eigenvalue weighted by molar-refractivity contribution is 0.172. The number of hydrogen-bond acceptors (Lipinski definition) is 2. The number of halogens is 1. The monoisotopic (exact) mass is 338 g/mol. The zero-order valence-electron chi connectivity index (χ0n) is 13.2. The lowest BCUT2D eigenvalue weighted by Gasteiger charge is -2.35. The van der Waals surface area contributed by atoms with E-state index in [9.17, 15) is 0 Å². The molecule has 0 spiro atoms. The van der Waals surface area contributed by atoms with Crippen molar-refractivity contribution >= 4 is 21.6 Å². The van der Waals surface area contributed by atoms with Gasteiger partial charge in [0.15, 0.2) is 0 Å². The van der Waals surface area contributed by atoms with Gasteiger partial charge in [0, 0.05) is 22.7 Å². The van der Waals surface area contributed by atoms with Crippen LogP contribution in [0.3, 0.4) is 0 Å². The minimum Gasteiger partial charge on any atom is -0.382 e. The fourth-order valence-electron chi connectivity index (χ4n) is 3.20. The Morgan fingerprint density at radius 1 is 1.35 bits per heavy atom. The number of benzene rings is 1. The minimum atomic E-state index is 0.532. The second-order valence-electron chi connectivity index (χ2n) is 6.15. The number of aryl methyl sites for hydroxylation is 2. The zero-order valence-corrected chi connectivity index (χ0v) is 14.8. The smallest absolute Gasteiger partial charge is 0.0348 e. The van der Waals surface area contributed by atoms with Gasteiger partial charge in [0.25, 0.3) is 0 Å². The highest BCUT2D eigenvalue weighted by Crippen LogP contribution is 2.27. The molecule has 1 aromatic carbocycles. The summed E-state index contributed by atoms with van der Waals surface area (Å²) in [5.74, 6) is 0.757. The van der Waals surface area contributed by atoms with E-state index in [4.69, 9.17) is 0 Å². The molecule has 0 amide bonds. The first kappa shape index (κ1) is 15.8. The Bertz CT molecular complexity index is 435. The molecule has 2 nitrogen and oxygen atoms in total. The summed E-state index contributed by atoms with van der Waals surface area (Å²) in [5, 5.41) is 3.72. The van der Waals surface area contributed by atoms with Gasteiger partial charge in [-0.1, -0.05) is 22.9 Å². The molecule has 1 aliphatic rings. The van der Waals surface area contributed by atoms with Gasteiger partial charge in [-0.3, -0.25) is 0 Å². The molecule has 0 radical (unpaired) electrons. The van der Waals surface area contributed by atoms with E-state index in [1.165, 1.54) is 53.8 Å². The number of piperidine rings is 1. The summed E-state index contributed by atoms with van der Waals surface area (Å²) in [5.41, 5.74) is 3.86. The first-order chi connectivity index (χ1) is 9.51. The van der Waals surface area contributed by atoms with E-state index in [1.807, 2.05) is 0 Å². The van der Waals surface area contributed by atoms with Crippen LogP contribution in [0.5, 0.6) is 0 Å². The SMILES string of the molecule is CCN1CCCC(C(C)Nc2cc(C)c(Br)c(C)c2)C1. The molecule has 1 heterocycles. The van der Waals surface area contributed by atoms with Gasteiger partial charge in [-0.15, -0.1) is 0 Å². The maximum absolute atomic E-state index is 3.72. The lowest BCUT2D eigenvalue weighted by atomic mass is 9.91. The average molecular weight is 339 g/mol. The summed E-state index contributed by atoms with van der Waals surface area (Å²) in [6.07, 6.45) is 2.68. The molecule has 2 unspecified atom stereocenters. The van der Waals surface area contributed by atoms with E-state index in [0.717, 1.165) is 5.92 Å². The summed E-state index contributed by atoms with van der Waals surface area (Å²) in [6, 6.07) is 5.02. The second kappa shape index (κ2) is 6.95. The van der Waals surface area contributed by atoms with E-state index in [1.54, 1.807) is 0 Å². The molecule has 20 heavy (non-hydrogen) atoms. The fourth-order valence-corrected chi connectivity index (χ4v) is 3.43. The third-order valence-electron chi connectivity index (χ3n) is 4.53. The Morgan fingerprint density at radius 2 is 2.00 bits per heavy atom. The topological polar surface area (TPSA) is 15.3 Å². The highest BCUT2D eigenvalue weighted by atomic mass is 79.9. The molecule has 1 N–H and O–H groups in total. The van der Waals surface area contributed by atoms with Gasteiger partial charge in [-0.05, 0) is 75.9 Å². The van der Waals surface area contributed by atoms with Crippen LogP contribution in [0.4, 0.5) is 5.69 Å². The Balaban J connectivity index is 2.02. The molecule has 1 aliphatic heterocycles. The van der Waals surface area contributed by atoms with Crippen LogP contribution >= 0.6 is 15.9 Å². The number of rotatable bonds is 4. The van der Waals surface area contributed by atoms with Crippen LogP contribution in [0, 0.1) is 19.8 Å². The number of hydrogen-bond donors (Lipinski definition) is 1. The van der Waals surface area contributed by atoms with Gasteiger partial charge in [0.2, 0.25) is 0 Å². The summed E-state index contributed by atoms with van der Waals surface area (Å²) >= 11 is 3.64. The fraction of sp³-hybridized carbons (Fsp3) is 0.647. The average Bonchev–Trinajstić information content (AvgIpc) is 2.44. The Labute approximate surface area is 132 Å². The summed E-state index contributed by atoms with van der Waals surface area (Å²) in [7, 11) is 0. The molecule has 2 rings (SSSR count). The third-order valence-corrected chi connectivity index (χ3v) is 5.78. The standard InChI is InChI=1S/C17H27BrN2/c1-5-20-8-6-7-15(11-20)14(4)19-16-9-12(2)17(18)13(3)10-16/h9-10,14-15,19H,5-8,11H2,1-4H3. The van der Waals surface area contributed by atoms with Crippen molar-refractivity contribution in [3.05, 3.63) is 27.7 Å². The normalized spacial score (nSPS) is 21.8. The molecule has 1 aromatic rings. The van der Waals surface area contributed by atoms with E-state index in [0.29, 0.717) is 6.04 Å². The summed E-state index contributed by atoms with van der Waals surface area (Å²) in [4.78, 5) is 2.57. The molecule has 3 heteroatoms. The second-order valence-corrected chi connectivity index (χ2v) is 6.95. The van der Waals surface area contributed by atoms with Crippen LogP contribution < -0.4 is 5.32 Å². The molecular formula is C17H27BrN2. The first-order valence-electron chi connectivity index (χ1n) is 7.77. The van der Waals surface area contributed by atoms with E-state index in [2.05, 4.69) is 66.0 Å². The Morgan fingerprint density at radius 3 is 2.60 bits per heavy atom. The molecule has 112 valence electrons. The first-order valence-corrected chi connectivity index (χ1v) is 8.56. The quantitative estimate of drug-likeness (QED) is 0.863. The summed E-state index contributed by atoms with van der Waals surface area (Å²) < 4.78 is 1.23. The predicted molar refractivity (Wildman–Crippen MR) is 91.5 cm³/mol. The number of nitrogens with zero attached hydrogens (tertiary/aromatic N) is 1. The van der Waals surface area contributed by atoms with Crippen LogP contribution in [0.1, 0.15) is 37.8 Å². The highest BCUT2D eigenvalue weighted by molar-refractivity contribution is 9.10. The van der Waals surface area contributed by atoms with E-state index >= 15 is 0 Å². The molecular weight excluding hydrogens is 312 g/mol. The van der Waals surface area contributed by atoms with Crippen molar-refractivity contribution in [3.63, 3.8) is 0 Å². The Hall–Kier alpha value is -0.540. The molecule has 0 bridgehead atoms. The lowest BCUT2D eigenvalue weighted by Crippen LogP contribution is -2.41. The van der Waals surface area contributed by atoms with Crippen LogP contribution in [-0.2, 0) is 0 Å². The Kier molecular flexibility index (Phi) is 5.50. The van der Waals surface area contributed by atoms with Crippen molar-refractivity contribution in [2.24, 2.45) is 5.92 Å². The number of nitrogens with one attached hydrogen (secondary N) is 1. The van der Waals surface area contributed by atoms with Gasteiger partial charge < -0.3 is 10.2 Å². The maximum Gasteiger partial charge on any atom is 0.0348 e. The van der Waals surface area contributed by atoms with Crippen LogP contribution in [0.2, 0.25) is 0 Å². The van der Waals surface area contributed by atoms with Crippen molar-refractivity contribution in [1.29, 1.82) is 0 Å². The molecule has 0 aliphatic carbocycles. The van der Waals surface area contributed by atoms with Crippen molar-refractivity contribution in [2.75, 3.05) is 25.0 Å². The van der Waals surface area contributed by atoms with Crippen molar-refractivity contribution in [2.45, 2.75) is 46.6 Å². The summed E-state index contributed by atoms with van der Waals surface area (Å²) in [6.45, 7) is 12.6. The van der Waals surface area contributed by atoms with Gasteiger partial charge in [-0.25, -0.2) is 0 Å². The number of anilines is 1. The van der Waals surface area contributed by atoms with E-state index in [-0.39, 0.29) is 0 Å². The van der Waals surface area contributed by atoms with Crippen molar-refractivity contribution in [1.82, 2.24) is 4.90 Å². The van der Waals surface area contributed by atoms with Gasteiger partial charge >= 0.3 is 0 Å². The highest BCUT2D eigenvalue weighted by Gasteiger charge is 2.23. The van der Waals surface area contributed by atoms with Crippen LogP contribution in [0.25, 0.3) is 0 Å². The molecule has 2 atom stereocenters. The minimum absolute atomic E-state index is 0.532. The van der Waals surface area contributed by atoms with Crippen LogP contribution in [-0.4, -0.2) is 30.6 Å². The number of likely N-dealkylation sites (tertiary alicyclic amines) is 1. The van der Waals surface area contributed by atoms with Gasteiger partial charge in [-0.2, -0.15) is 0 Å². The molecule has 0 saturated carbocycles. The van der Waals surface area contributed by atoms with Gasteiger partial charge in [0.05, 0.1) is 0 Å². The van der Waals surface area contributed by atoms with Crippen molar-refractivity contribution in [3.8, 4) is 0 Å².